The Labute approximate surface area is 129 Å². The van der Waals surface area contributed by atoms with E-state index >= 15 is 0 Å². The highest BCUT2D eigenvalue weighted by Gasteiger charge is 2.25. The van der Waals surface area contributed by atoms with Gasteiger partial charge >= 0.3 is 0 Å². The Bertz CT molecular complexity index is 620. The number of hydrogen-bond donors (Lipinski definition) is 2. The highest BCUT2D eigenvalue weighted by molar-refractivity contribution is 7.84. The number of hydrogen-bond acceptors (Lipinski definition) is 2. The minimum atomic E-state index is -1.18. The molecule has 2 aromatic rings. The zero-order chi connectivity index (χ0) is 15.5. The van der Waals surface area contributed by atoms with Crippen LogP contribution in [0.3, 0.4) is 0 Å². The molecular weight excluding hydrogens is 280 g/mol. The molecule has 4 heteroatoms. The number of anilines is 1. The zero-order valence-electron chi connectivity index (χ0n) is 12.7. The van der Waals surface area contributed by atoms with Gasteiger partial charge in [-0.1, -0.05) is 48.5 Å². The number of benzene rings is 2. The van der Waals surface area contributed by atoms with Crippen molar-refractivity contribution in [2.24, 2.45) is 0 Å². The van der Waals surface area contributed by atoms with Crippen LogP contribution < -0.4 is 10.5 Å². The van der Waals surface area contributed by atoms with Gasteiger partial charge in [-0.25, -0.2) is 8.93 Å². The second kappa shape index (κ2) is 6.41. The quantitative estimate of drug-likeness (QED) is 0.850. The normalized spacial score (nSPS) is 14.6. The van der Waals surface area contributed by atoms with Crippen molar-refractivity contribution in [1.82, 2.24) is 4.72 Å². The molecule has 0 heterocycles. The van der Waals surface area contributed by atoms with Crippen LogP contribution in [0.1, 0.15) is 37.9 Å². The topological polar surface area (TPSA) is 55.1 Å². The molecule has 0 spiro atoms. The largest absolute Gasteiger partial charge is 0.398 e. The summed E-state index contributed by atoms with van der Waals surface area (Å²) in [6.07, 6.45) is 0. The molecule has 0 saturated heterocycles. The minimum Gasteiger partial charge on any atom is -0.398 e. The summed E-state index contributed by atoms with van der Waals surface area (Å²) in [7, 11) is -1.18. The van der Waals surface area contributed by atoms with Crippen molar-refractivity contribution in [3.63, 3.8) is 0 Å². The molecule has 0 saturated carbocycles. The maximum Gasteiger partial charge on any atom is 0.0979 e. The van der Waals surface area contributed by atoms with Crippen molar-refractivity contribution in [3.8, 4) is 0 Å². The third-order valence-electron chi connectivity index (χ3n) is 3.22. The number of nitrogen functional groups attached to an aromatic ring is 1. The first-order valence-corrected chi connectivity index (χ1v) is 8.12. The summed E-state index contributed by atoms with van der Waals surface area (Å²) in [5.41, 5.74) is 8.80. The van der Waals surface area contributed by atoms with E-state index in [0.717, 1.165) is 11.1 Å². The van der Waals surface area contributed by atoms with Gasteiger partial charge in [0.15, 0.2) is 0 Å². The Morgan fingerprint density at radius 3 is 2.14 bits per heavy atom. The molecule has 0 aliphatic rings. The molecule has 0 unspecified atom stereocenters. The van der Waals surface area contributed by atoms with Crippen molar-refractivity contribution in [2.75, 3.05) is 5.73 Å². The molecule has 0 aliphatic heterocycles. The van der Waals surface area contributed by atoms with E-state index in [1.54, 1.807) is 0 Å². The Hall–Kier alpha value is -1.65. The van der Waals surface area contributed by atoms with E-state index in [2.05, 4.69) is 4.72 Å². The Morgan fingerprint density at radius 1 is 1.00 bits per heavy atom. The Kier molecular flexibility index (Phi) is 4.80. The number of nitrogens with two attached hydrogens (primary N) is 1. The maximum absolute atomic E-state index is 12.5. The summed E-state index contributed by atoms with van der Waals surface area (Å²) in [5, 5.41) is 0. The first-order chi connectivity index (χ1) is 9.89. The van der Waals surface area contributed by atoms with E-state index in [1.807, 2.05) is 75.4 Å². The van der Waals surface area contributed by atoms with Crippen molar-refractivity contribution in [3.05, 3.63) is 65.7 Å². The van der Waals surface area contributed by atoms with Gasteiger partial charge in [-0.3, -0.25) is 0 Å². The SMILES string of the molecule is CC(C)(C)[S@@](=O)N[C@H](c1ccccc1)c1ccccc1N. The van der Waals surface area contributed by atoms with E-state index in [1.165, 1.54) is 0 Å². The second-order valence-corrected chi connectivity index (χ2v) is 7.97. The summed E-state index contributed by atoms with van der Waals surface area (Å²) in [6, 6.07) is 17.5. The molecule has 3 nitrogen and oxygen atoms in total. The summed E-state index contributed by atoms with van der Waals surface area (Å²) >= 11 is 0. The van der Waals surface area contributed by atoms with Crippen LogP contribution in [-0.2, 0) is 11.0 Å². The lowest BCUT2D eigenvalue weighted by molar-refractivity contribution is 0.624. The van der Waals surface area contributed by atoms with Crippen LogP contribution in [0.4, 0.5) is 5.69 Å². The summed E-state index contributed by atoms with van der Waals surface area (Å²) in [5.74, 6) is 0. The fraction of sp³-hybridized carbons (Fsp3) is 0.294. The van der Waals surface area contributed by atoms with E-state index in [4.69, 9.17) is 5.73 Å². The fourth-order valence-corrected chi connectivity index (χ4v) is 2.84. The fourth-order valence-electron chi connectivity index (χ4n) is 2.01. The van der Waals surface area contributed by atoms with Crippen molar-refractivity contribution >= 4 is 16.7 Å². The highest BCUT2D eigenvalue weighted by atomic mass is 32.2. The third kappa shape index (κ3) is 3.93. The molecule has 2 aromatic carbocycles. The van der Waals surface area contributed by atoms with Gasteiger partial charge < -0.3 is 5.73 Å². The van der Waals surface area contributed by atoms with Crippen LogP contribution in [0.25, 0.3) is 0 Å². The van der Waals surface area contributed by atoms with Crippen molar-refractivity contribution < 1.29 is 4.21 Å². The first-order valence-electron chi connectivity index (χ1n) is 6.97. The van der Waals surface area contributed by atoms with Gasteiger partial charge in [-0.15, -0.1) is 0 Å². The van der Waals surface area contributed by atoms with Gasteiger partial charge in [0.25, 0.3) is 0 Å². The second-order valence-electron chi connectivity index (χ2n) is 5.97. The highest BCUT2D eigenvalue weighted by Crippen LogP contribution is 2.28. The molecule has 3 N–H and O–H groups in total. The van der Waals surface area contributed by atoms with Gasteiger partial charge in [0.1, 0.15) is 0 Å². The average molecular weight is 302 g/mol. The molecule has 0 aromatic heterocycles. The zero-order valence-corrected chi connectivity index (χ0v) is 13.5. The molecular formula is C17H22N2OS. The smallest absolute Gasteiger partial charge is 0.0979 e. The van der Waals surface area contributed by atoms with Crippen molar-refractivity contribution in [1.29, 1.82) is 0 Å². The summed E-state index contributed by atoms with van der Waals surface area (Å²) in [4.78, 5) is 0. The van der Waals surface area contributed by atoms with E-state index in [0.29, 0.717) is 5.69 Å². The molecule has 0 amide bonds. The molecule has 2 rings (SSSR count). The summed E-state index contributed by atoms with van der Waals surface area (Å²) < 4.78 is 15.4. The minimum absolute atomic E-state index is 0.188. The lowest BCUT2D eigenvalue weighted by Crippen LogP contribution is -2.36. The Balaban J connectivity index is 2.41. The van der Waals surface area contributed by atoms with Gasteiger partial charge in [0, 0.05) is 5.69 Å². The monoisotopic (exact) mass is 302 g/mol. The van der Waals surface area contributed by atoms with Crippen molar-refractivity contribution in [2.45, 2.75) is 31.6 Å². The van der Waals surface area contributed by atoms with Gasteiger partial charge in [0.2, 0.25) is 0 Å². The van der Waals surface area contributed by atoms with E-state index < -0.39 is 11.0 Å². The maximum atomic E-state index is 12.5. The number of para-hydroxylation sites is 1. The van der Waals surface area contributed by atoms with Gasteiger partial charge in [-0.2, -0.15) is 0 Å². The summed E-state index contributed by atoms with van der Waals surface area (Å²) in [6.45, 7) is 5.85. The van der Waals surface area contributed by atoms with Gasteiger partial charge in [-0.05, 0) is 38.0 Å². The van der Waals surface area contributed by atoms with Crippen LogP contribution in [0.15, 0.2) is 54.6 Å². The molecule has 112 valence electrons. The van der Waals surface area contributed by atoms with E-state index in [-0.39, 0.29) is 10.8 Å². The molecule has 0 bridgehead atoms. The predicted octanol–water partition coefficient (Wildman–Crippen LogP) is 3.41. The average Bonchev–Trinajstić information content (AvgIpc) is 2.45. The van der Waals surface area contributed by atoms with Crippen LogP contribution in [-0.4, -0.2) is 8.96 Å². The van der Waals surface area contributed by atoms with Gasteiger partial charge in [0.05, 0.1) is 21.8 Å². The predicted molar refractivity (Wildman–Crippen MR) is 90.2 cm³/mol. The number of nitrogens with one attached hydrogen (secondary N) is 1. The molecule has 0 radical (unpaired) electrons. The van der Waals surface area contributed by atoms with Crippen LogP contribution in [0, 0.1) is 0 Å². The van der Waals surface area contributed by atoms with Crippen LogP contribution in [0.2, 0.25) is 0 Å². The third-order valence-corrected chi connectivity index (χ3v) is 4.78. The molecule has 21 heavy (non-hydrogen) atoms. The number of rotatable bonds is 4. The van der Waals surface area contributed by atoms with E-state index in [9.17, 15) is 4.21 Å². The standard InChI is InChI=1S/C17H22N2OS/c1-17(2,3)21(20)19-16(13-9-5-4-6-10-13)14-11-7-8-12-15(14)18/h4-12,16,19H,18H2,1-3H3/t16-,21-/m1/s1. The first kappa shape index (κ1) is 15.7. The Morgan fingerprint density at radius 2 is 1.57 bits per heavy atom. The molecule has 2 atom stereocenters. The van der Waals surface area contributed by atoms with Crippen LogP contribution in [0.5, 0.6) is 0 Å². The lowest BCUT2D eigenvalue weighted by atomic mass is 9.98. The lowest BCUT2D eigenvalue weighted by Gasteiger charge is -2.25. The van der Waals surface area contributed by atoms with Crippen LogP contribution >= 0.6 is 0 Å². The molecule has 0 aliphatic carbocycles. The molecule has 0 fully saturated rings.